The van der Waals surface area contributed by atoms with Gasteiger partial charge in [0.15, 0.2) is 0 Å². The first-order valence-corrected chi connectivity index (χ1v) is 8.93. The van der Waals surface area contributed by atoms with Gasteiger partial charge in [-0.05, 0) is 25.7 Å². The maximum atomic E-state index is 6.31. The van der Waals surface area contributed by atoms with Crippen molar-refractivity contribution in [3.8, 4) is 0 Å². The molecule has 0 N–H and O–H groups in total. The van der Waals surface area contributed by atoms with Gasteiger partial charge in [0.1, 0.15) is 0 Å². The Balaban J connectivity index is 3.76. The second-order valence-electron chi connectivity index (χ2n) is 5.90. The average Bonchev–Trinajstić information content (AvgIpc) is 2.44. The molecule has 1 nitrogen and oxygen atoms in total. The summed E-state index contributed by atoms with van der Waals surface area (Å²) < 4.78 is 6.31. The van der Waals surface area contributed by atoms with Crippen molar-refractivity contribution in [3.63, 3.8) is 0 Å². The molecule has 1 heteroatoms. The molecular weight excluding hydrogens is 232 g/mol. The molecule has 0 aliphatic heterocycles. The summed E-state index contributed by atoms with van der Waals surface area (Å²) in [6.07, 6.45) is 16.8. The van der Waals surface area contributed by atoms with Gasteiger partial charge in [-0.2, -0.15) is 0 Å². The van der Waals surface area contributed by atoms with Crippen molar-refractivity contribution >= 4 is 0 Å². The van der Waals surface area contributed by atoms with E-state index >= 15 is 0 Å². The Morgan fingerprint density at radius 2 is 1.00 bits per heavy atom. The predicted octanol–water partition coefficient (Wildman–Crippen LogP) is 6.50. The summed E-state index contributed by atoms with van der Waals surface area (Å²) in [6.45, 7) is 9.09. The van der Waals surface area contributed by atoms with E-state index in [-0.39, 0.29) is 0 Å². The molecule has 2 atom stereocenters. The molecule has 0 saturated carbocycles. The van der Waals surface area contributed by atoms with Crippen LogP contribution >= 0.6 is 0 Å². The maximum Gasteiger partial charge on any atom is 0.0576 e. The number of ether oxygens (including phenoxy) is 1. The van der Waals surface area contributed by atoms with E-state index in [9.17, 15) is 0 Å². The molecule has 0 bridgehead atoms. The highest BCUT2D eigenvalue weighted by Crippen LogP contribution is 2.18. The van der Waals surface area contributed by atoms with Gasteiger partial charge in [-0.25, -0.2) is 0 Å². The van der Waals surface area contributed by atoms with Gasteiger partial charge in [-0.1, -0.05) is 79.1 Å². The van der Waals surface area contributed by atoms with Gasteiger partial charge in [0.05, 0.1) is 12.2 Å². The molecule has 0 aromatic carbocycles. The van der Waals surface area contributed by atoms with E-state index in [1.807, 2.05) is 0 Å². The molecule has 0 spiro atoms. The molecular formula is C18H38O. The highest BCUT2D eigenvalue weighted by molar-refractivity contribution is 4.63. The Labute approximate surface area is 122 Å². The molecule has 2 unspecified atom stereocenters. The highest BCUT2D eigenvalue weighted by Gasteiger charge is 2.13. The Hall–Kier alpha value is -0.0400. The minimum absolute atomic E-state index is 0.507. The van der Waals surface area contributed by atoms with E-state index < -0.39 is 0 Å². The first kappa shape index (κ1) is 19.0. The predicted molar refractivity (Wildman–Crippen MR) is 86.8 cm³/mol. The molecule has 0 aromatic rings. The minimum atomic E-state index is 0.507. The second kappa shape index (κ2) is 14.4. The van der Waals surface area contributed by atoms with E-state index in [4.69, 9.17) is 4.74 Å². The zero-order valence-corrected chi connectivity index (χ0v) is 14.0. The van der Waals surface area contributed by atoms with Crippen molar-refractivity contribution in [1.29, 1.82) is 0 Å². The van der Waals surface area contributed by atoms with Crippen LogP contribution in [0, 0.1) is 0 Å². The summed E-state index contributed by atoms with van der Waals surface area (Å²) in [5.41, 5.74) is 0. The van der Waals surface area contributed by atoms with Gasteiger partial charge < -0.3 is 4.74 Å². The summed E-state index contributed by atoms with van der Waals surface area (Å²) in [5.74, 6) is 0. The maximum absolute atomic E-state index is 6.31. The molecule has 0 heterocycles. The fourth-order valence-corrected chi connectivity index (χ4v) is 2.61. The van der Waals surface area contributed by atoms with Gasteiger partial charge in [-0.3, -0.25) is 0 Å². The zero-order valence-electron chi connectivity index (χ0n) is 14.0. The lowest BCUT2D eigenvalue weighted by Crippen LogP contribution is -2.21. The Kier molecular flexibility index (Phi) is 14.3. The van der Waals surface area contributed by atoms with E-state index in [1.54, 1.807) is 0 Å². The summed E-state index contributed by atoms with van der Waals surface area (Å²) in [5, 5.41) is 0. The lowest BCUT2D eigenvalue weighted by molar-refractivity contribution is -0.0257. The summed E-state index contributed by atoms with van der Waals surface area (Å²) in [4.78, 5) is 0. The molecule has 0 aliphatic rings. The summed E-state index contributed by atoms with van der Waals surface area (Å²) >= 11 is 0. The fourth-order valence-electron chi connectivity index (χ4n) is 2.61. The number of hydrogen-bond donors (Lipinski definition) is 0. The van der Waals surface area contributed by atoms with Crippen LogP contribution in [-0.4, -0.2) is 12.2 Å². The van der Waals surface area contributed by atoms with Crippen molar-refractivity contribution in [2.75, 3.05) is 0 Å². The third-order valence-electron chi connectivity index (χ3n) is 4.05. The number of rotatable bonds is 14. The molecule has 0 rings (SSSR count). The molecule has 0 radical (unpaired) electrons. The van der Waals surface area contributed by atoms with Gasteiger partial charge >= 0.3 is 0 Å². The first-order valence-electron chi connectivity index (χ1n) is 8.93. The largest absolute Gasteiger partial charge is 0.375 e. The quantitative estimate of drug-likeness (QED) is 0.327. The van der Waals surface area contributed by atoms with Crippen LogP contribution in [0.3, 0.4) is 0 Å². The monoisotopic (exact) mass is 270 g/mol. The molecule has 0 aromatic heterocycles. The standard InChI is InChI=1S/C18H38O/c1-5-9-11-13-15-17(7-3)19-18(8-4)16-14-12-10-6-2/h17-18H,5-16H2,1-4H3. The molecule has 19 heavy (non-hydrogen) atoms. The van der Waals surface area contributed by atoms with Crippen LogP contribution in [0.2, 0.25) is 0 Å². The van der Waals surface area contributed by atoms with Crippen LogP contribution in [0.5, 0.6) is 0 Å². The van der Waals surface area contributed by atoms with E-state index in [1.165, 1.54) is 77.0 Å². The SMILES string of the molecule is CCCCCCC(CC)OC(CC)CCCCCC. The van der Waals surface area contributed by atoms with Crippen molar-refractivity contribution in [2.24, 2.45) is 0 Å². The van der Waals surface area contributed by atoms with E-state index in [0.29, 0.717) is 12.2 Å². The second-order valence-corrected chi connectivity index (χ2v) is 5.90. The summed E-state index contributed by atoms with van der Waals surface area (Å²) in [7, 11) is 0. The van der Waals surface area contributed by atoms with Gasteiger partial charge in [-0.15, -0.1) is 0 Å². The fraction of sp³-hybridized carbons (Fsp3) is 1.00. The van der Waals surface area contributed by atoms with Crippen molar-refractivity contribution in [1.82, 2.24) is 0 Å². The van der Waals surface area contributed by atoms with Crippen molar-refractivity contribution in [3.05, 3.63) is 0 Å². The van der Waals surface area contributed by atoms with Crippen molar-refractivity contribution < 1.29 is 4.74 Å². The van der Waals surface area contributed by atoms with E-state index in [2.05, 4.69) is 27.7 Å². The number of hydrogen-bond acceptors (Lipinski definition) is 1. The third-order valence-corrected chi connectivity index (χ3v) is 4.05. The minimum Gasteiger partial charge on any atom is -0.375 e. The first-order chi connectivity index (χ1) is 9.28. The topological polar surface area (TPSA) is 9.23 Å². The Morgan fingerprint density at radius 3 is 1.32 bits per heavy atom. The normalized spacial score (nSPS) is 14.5. The van der Waals surface area contributed by atoms with Crippen molar-refractivity contribution in [2.45, 2.75) is 117 Å². The van der Waals surface area contributed by atoms with Crippen LogP contribution in [0.4, 0.5) is 0 Å². The molecule has 116 valence electrons. The number of unbranched alkanes of at least 4 members (excludes halogenated alkanes) is 6. The van der Waals surface area contributed by atoms with Crippen LogP contribution in [-0.2, 0) is 4.74 Å². The average molecular weight is 271 g/mol. The van der Waals surface area contributed by atoms with Crippen LogP contribution in [0.25, 0.3) is 0 Å². The smallest absolute Gasteiger partial charge is 0.0576 e. The van der Waals surface area contributed by atoms with Gasteiger partial charge in [0.25, 0.3) is 0 Å². The molecule has 0 amide bonds. The molecule has 0 fully saturated rings. The zero-order chi connectivity index (χ0) is 14.3. The van der Waals surface area contributed by atoms with E-state index in [0.717, 1.165) is 0 Å². The highest BCUT2D eigenvalue weighted by atomic mass is 16.5. The summed E-state index contributed by atoms with van der Waals surface area (Å²) in [6, 6.07) is 0. The van der Waals surface area contributed by atoms with Gasteiger partial charge in [0.2, 0.25) is 0 Å². The Bertz CT molecular complexity index is 149. The van der Waals surface area contributed by atoms with Gasteiger partial charge in [0, 0.05) is 0 Å². The van der Waals surface area contributed by atoms with Crippen LogP contribution in [0.1, 0.15) is 105 Å². The lowest BCUT2D eigenvalue weighted by atomic mass is 10.0. The van der Waals surface area contributed by atoms with Crippen LogP contribution < -0.4 is 0 Å². The van der Waals surface area contributed by atoms with Crippen LogP contribution in [0.15, 0.2) is 0 Å². The molecule has 0 saturated heterocycles. The Morgan fingerprint density at radius 1 is 0.579 bits per heavy atom. The third kappa shape index (κ3) is 11.5. The lowest BCUT2D eigenvalue weighted by Gasteiger charge is -2.23. The molecule has 0 aliphatic carbocycles.